The predicted molar refractivity (Wildman–Crippen MR) is 86.2 cm³/mol. The molecule has 0 saturated heterocycles. The number of halogens is 6. The quantitative estimate of drug-likeness (QED) is 0.654. The van der Waals surface area contributed by atoms with Crippen LogP contribution in [0, 0.1) is 0 Å². The van der Waals surface area contributed by atoms with E-state index in [4.69, 9.17) is 0 Å². The van der Waals surface area contributed by atoms with Crippen molar-refractivity contribution in [3.8, 4) is 0 Å². The molecule has 0 fully saturated rings. The van der Waals surface area contributed by atoms with Gasteiger partial charge in [0.1, 0.15) is 19.0 Å². The number of benzene rings is 1. The van der Waals surface area contributed by atoms with E-state index in [1.807, 2.05) is 0 Å². The molecule has 1 aromatic carbocycles. The van der Waals surface area contributed by atoms with Crippen molar-refractivity contribution in [2.24, 2.45) is 0 Å². The Hall–Kier alpha value is -2.56. The Morgan fingerprint density at radius 1 is 1.11 bits per heavy atom. The van der Waals surface area contributed by atoms with Gasteiger partial charge >= 0.3 is 12.4 Å². The van der Waals surface area contributed by atoms with E-state index in [0.717, 1.165) is 4.57 Å². The van der Waals surface area contributed by atoms with E-state index in [9.17, 15) is 31.1 Å². The number of ether oxygens (including phenoxy) is 1. The lowest BCUT2D eigenvalue weighted by Gasteiger charge is -2.18. The van der Waals surface area contributed by atoms with Gasteiger partial charge in [0.05, 0.1) is 13.2 Å². The number of carbonyl (C=O) groups is 1. The number of imidazole rings is 1. The lowest BCUT2D eigenvalue weighted by Crippen LogP contribution is -2.29. The third-order valence-corrected chi connectivity index (χ3v) is 3.61. The van der Waals surface area contributed by atoms with E-state index in [0.29, 0.717) is 5.56 Å². The van der Waals surface area contributed by atoms with Gasteiger partial charge in [0, 0.05) is 25.0 Å². The first-order valence-electron chi connectivity index (χ1n) is 8.00. The fraction of sp³-hybridized carbons (Fsp3) is 0.412. The summed E-state index contributed by atoms with van der Waals surface area (Å²) in [4.78, 5) is 17.5. The molecule has 28 heavy (non-hydrogen) atoms. The largest absolute Gasteiger partial charge is 0.411 e. The standard InChI is InChI=1S/C17H17F6N3O2/c1-25(8-14-24-6-7-26(14)10-16(18,19)20)15(27)13-4-2-12(3-5-13)9-28-11-17(21,22)23/h2-7H,8-11H2,1H3. The molecule has 2 rings (SSSR count). The second-order valence-corrected chi connectivity index (χ2v) is 6.05. The third-order valence-electron chi connectivity index (χ3n) is 3.61. The minimum Gasteiger partial charge on any atom is -0.367 e. The van der Waals surface area contributed by atoms with E-state index < -0.39 is 31.4 Å². The monoisotopic (exact) mass is 409 g/mol. The van der Waals surface area contributed by atoms with Crippen LogP contribution in [0.25, 0.3) is 0 Å². The maximum Gasteiger partial charge on any atom is 0.411 e. The van der Waals surface area contributed by atoms with Crippen molar-refractivity contribution < 1.29 is 35.9 Å². The van der Waals surface area contributed by atoms with Crippen molar-refractivity contribution in [2.45, 2.75) is 32.0 Å². The second kappa shape index (κ2) is 8.63. The summed E-state index contributed by atoms with van der Waals surface area (Å²) in [6.45, 7) is -2.99. The van der Waals surface area contributed by atoms with Gasteiger partial charge in [-0.15, -0.1) is 0 Å². The smallest absolute Gasteiger partial charge is 0.367 e. The van der Waals surface area contributed by atoms with Crippen molar-refractivity contribution >= 4 is 5.91 Å². The molecule has 1 aromatic heterocycles. The maximum absolute atomic E-state index is 12.5. The number of amides is 1. The Morgan fingerprint density at radius 2 is 1.75 bits per heavy atom. The molecule has 0 spiro atoms. The van der Waals surface area contributed by atoms with Crippen LogP contribution in [0.4, 0.5) is 26.3 Å². The van der Waals surface area contributed by atoms with Crippen LogP contribution in [-0.4, -0.2) is 46.4 Å². The number of nitrogens with zero attached hydrogens (tertiary/aromatic N) is 3. The van der Waals surface area contributed by atoms with E-state index >= 15 is 0 Å². The Balaban J connectivity index is 1.95. The fourth-order valence-electron chi connectivity index (χ4n) is 2.36. The molecule has 0 radical (unpaired) electrons. The molecule has 0 atom stereocenters. The SMILES string of the molecule is CN(Cc1nccn1CC(F)(F)F)C(=O)c1ccc(COCC(F)(F)F)cc1. The van der Waals surface area contributed by atoms with Crippen LogP contribution < -0.4 is 0 Å². The van der Waals surface area contributed by atoms with Gasteiger partial charge in [-0.1, -0.05) is 12.1 Å². The second-order valence-electron chi connectivity index (χ2n) is 6.05. The molecular formula is C17H17F6N3O2. The minimum absolute atomic E-state index is 0.0744. The molecule has 11 heteroatoms. The Labute approximate surface area is 156 Å². The van der Waals surface area contributed by atoms with Gasteiger partial charge in [-0.05, 0) is 17.7 Å². The molecule has 5 nitrogen and oxygen atoms in total. The van der Waals surface area contributed by atoms with Gasteiger partial charge < -0.3 is 14.2 Å². The molecule has 0 N–H and O–H groups in total. The molecule has 2 aromatic rings. The molecule has 0 saturated carbocycles. The van der Waals surface area contributed by atoms with Crippen LogP contribution in [0.3, 0.4) is 0 Å². The molecule has 0 unspecified atom stereocenters. The minimum atomic E-state index is -4.42. The lowest BCUT2D eigenvalue weighted by atomic mass is 10.1. The highest BCUT2D eigenvalue weighted by Gasteiger charge is 2.29. The highest BCUT2D eigenvalue weighted by atomic mass is 19.4. The summed E-state index contributed by atoms with van der Waals surface area (Å²) in [6, 6.07) is 5.71. The van der Waals surface area contributed by atoms with Crippen LogP contribution >= 0.6 is 0 Å². The van der Waals surface area contributed by atoms with Crippen molar-refractivity contribution in [3.63, 3.8) is 0 Å². The number of hydrogen-bond donors (Lipinski definition) is 0. The highest BCUT2D eigenvalue weighted by molar-refractivity contribution is 5.94. The molecule has 0 bridgehead atoms. The molecule has 154 valence electrons. The van der Waals surface area contributed by atoms with Gasteiger partial charge in [0.15, 0.2) is 0 Å². The first-order valence-corrected chi connectivity index (χ1v) is 8.00. The summed E-state index contributed by atoms with van der Waals surface area (Å²) < 4.78 is 79.2. The average Bonchev–Trinajstić information content (AvgIpc) is 2.98. The van der Waals surface area contributed by atoms with E-state index in [2.05, 4.69) is 9.72 Å². The van der Waals surface area contributed by atoms with Gasteiger partial charge in [0.25, 0.3) is 5.91 Å². The number of carbonyl (C=O) groups excluding carboxylic acids is 1. The lowest BCUT2D eigenvalue weighted by molar-refractivity contribution is -0.176. The first kappa shape index (κ1) is 21.7. The molecule has 1 amide bonds. The van der Waals surface area contributed by atoms with Gasteiger partial charge in [-0.25, -0.2) is 4.98 Å². The van der Waals surface area contributed by atoms with Gasteiger partial charge in [-0.2, -0.15) is 26.3 Å². The summed E-state index contributed by atoms with van der Waals surface area (Å²) in [7, 11) is 1.41. The Morgan fingerprint density at radius 3 is 2.32 bits per heavy atom. The third kappa shape index (κ3) is 6.87. The maximum atomic E-state index is 12.5. The van der Waals surface area contributed by atoms with Crippen LogP contribution in [0.15, 0.2) is 36.7 Å². The fourth-order valence-corrected chi connectivity index (χ4v) is 2.36. The summed E-state index contributed by atoms with van der Waals surface area (Å²) in [5.41, 5.74) is 0.681. The van der Waals surface area contributed by atoms with Gasteiger partial charge in [0.2, 0.25) is 0 Å². The van der Waals surface area contributed by atoms with Crippen molar-refractivity contribution in [1.82, 2.24) is 14.5 Å². The zero-order chi connectivity index (χ0) is 20.9. The van der Waals surface area contributed by atoms with E-state index in [1.165, 1.54) is 48.6 Å². The van der Waals surface area contributed by atoms with Gasteiger partial charge in [-0.3, -0.25) is 4.79 Å². The zero-order valence-corrected chi connectivity index (χ0v) is 14.7. The summed E-state index contributed by atoms with van der Waals surface area (Å²) >= 11 is 0. The van der Waals surface area contributed by atoms with Crippen LogP contribution in [0.5, 0.6) is 0 Å². The molecule has 1 heterocycles. The number of hydrogen-bond acceptors (Lipinski definition) is 3. The summed E-state index contributed by atoms with van der Waals surface area (Å²) in [5, 5.41) is 0. The number of alkyl halides is 6. The average molecular weight is 409 g/mol. The van der Waals surface area contributed by atoms with Crippen molar-refractivity contribution in [3.05, 3.63) is 53.6 Å². The van der Waals surface area contributed by atoms with Crippen molar-refractivity contribution in [2.75, 3.05) is 13.7 Å². The van der Waals surface area contributed by atoms with E-state index in [1.54, 1.807) is 0 Å². The number of rotatable bonds is 7. The summed E-state index contributed by atoms with van der Waals surface area (Å²) in [5.74, 6) is -0.394. The Kier molecular flexibility index (Phi) is 6.70. The normalized spacial score (nSPS) is 12.2. The van der Waals surface area contributed by atoms with Crippen LogP contribution in [0.2, 0.25) is 0 Å². The van der Waals surface area contributed by atoms with E-state index in [-0.39, 0.29) is 24.5 Å². The molecular weight excluding hydrogens is 392 g/mol. The van der Waals surface area contributed by atoms with Crippen LogP contribution in [-0.2, 0) is 24.4 Å². The molecule has 0 aliphatic heterocycles. The molecule has 0 aliphatic rings. The first-order chi connectivity index (χ1) is 12.9. The summed E-state index contributed by atoms with van der Waals surface area (Å²) in [6.07, 6.45) is -6.44. The van der Waals surface area contributed by atoms with Crippen LogP contribution in [0.1, 0.15) is 21.7 Å². The predicted octanol–water partition coefficient (Wildman–Crippen LogP) is 3.80. The zero-order valence-electron chi connectivity index (χ0n) is 14.7. The Bertz CT molecular complexity index is 783. The number of aromatic nitrogens is 2. The topological polar surface area (TPSA) is 47.4 Å². The van der Waals surface area contributed by atoms with Crippen molar-refractivity contribution in [1.29, 1.82) is 0 Å². The highest BCUT2D eigenvalue weighted by Crippen LogP contribution is 2.19. The molecule has 0 aliphatic carbocycles.